The highest BCUT2D eigenvalue weighted by Crippen LogP contribution is 2.34. The van der Waals surface area contributed by atoms with E-state index < -0.39 is 0 Å². The van der Waals surface area contributed by atoms with Gasteiger partial charge in [0.25, 0.3) is 0 Å². The van der Waals surface area contributed by atoms with Gasteiger partial charge in [0.05, 0.1) is 0 Å². The maximum atomic E-state index is 11.7. The van der Waals surface area contributed by atoms with Crippen molar-refractivity contribution in [3.05, 3.63) is 11.8 Å². The van der Waals surface area contributed by atoms with Gasteiger partial charge in [0, 0.05) is 25.3 Å². The third-order valence-electron chi connectivity index (χ3n) is 3.61. The summed E-state index contributed by atoms with van der Waals surface area (Å²) in [5.41, 5.74) is -0.0956. The highest BCUT2D eigenvalue weighted by molar-refractivity contribution is 5.92. The van der Waals surface area contributed by atoms with Crippen molar-refractivity contribution in [2.75, 3.05) is 0 Å². The minimum absolute atomic E-state index is 0.0589. The van der Waals surface area contributed by atoms with E-state index in [2.05, 4.69) is 6.92 Å². The van der Waals surface area contributed by atoms with E-state index in [1.165, 1.54) is 31.8 Å². The molecule has 0 fully saturated rings. The Labute approximate surface area is 122 Å². The van der Waals surface area contributed by atoms with Crippen LogP contribution in [0.15, 0.2) is 11.8 Å². The molecule has 0 unspecified atom stereocenters. The van der Waals surface area contributed by atoms with Crippen LogP contribution >= 0.6 is 0 Å². The number of esters is 1. The van der Waals surface area contributed by atoms with Crippen molar-refractivity contribution in [3.63, 3.8) is 0 Å². The molecule has 0 aromatic heterocycles. The van der Waals surface area contributed by atoms with Gasteiger partial charge in [0.15, 0.2) is 5.78 Å². The van der Waals surface area contributed by atoms with Crippen molar-refractivity contribution in [1.29, 1.82) is 0 Å². The highest BCUT2D eigenvalue weighted by Gasteiger charge is 2.29. The Hall–Kier alpha value is -1.12. The first-order valence-corrected chi connectivity index (χ1v) is 7.87. The zero-order valence-corrected chi connectivity index (χ0v) is 13.2. The first-order chi connectivity index (χ1) is 9.43. The second kappa shape index (κ2) is 8.23. The number of carbonyl (C=O) groups is 2. The standard InChI is InChI=1S/C17H28O3/c1-4-5-6-7-8-9-10-16(19)20-15-11-14(18)12-17(2,3)13-15/h11H,4-10,12-13H2,1-3H3. The molecular formula is C17H28O3. The smallest absolute Gasteiger partial charge is 0.310 e. The number of allylic oxidation sites excluding steroid dienone is 2. The molecule has 0 aliphatic heterocycles. The number of carbonyl (C=O) groups excluding carboxylic acids is 2. The lowest BCUT2D eigenvalue weighted by Gasteiger charge is -2.27. The number of hydrogen-bond acceptors (Lipinski definition) is 3. The molecule has 0 aromatic rings. The molecule has 1 aliphatic rings. The summed E-state index contributed by atoms with van der Waals surface area (Å²) in [6.45, 7) is 6.25. The summed E-state index contributed by atoms with van der Waals surface area (Å²) in [6, 6.07) is 0. The van der Waals surface area contributed by atoms with Crippen LogP contribution in [0.5, 0.6) is 0 Å². The summed E-state index contributed by atoms with van der Waals surface area (Å²) in [6.07, 6.45) is 10.1. The third-order valence-corrected chi connectivity index (χ3v) is 3.61. The molecule has 0 saturated carbocycles. The predicted octanol–water partition coefficient (Wildman–Crippen LogP) is 4.55. The highest BCUT2D eigenvalue weighted by atomic mass is 16.5. The van der Waals surface area contributed by atoms with Crippen LogP contribution in [-0.2, 0) is 14.3 Å². The lowest BCUT2D eigenvalue weighted by molar-refractivity contribution is -0.140. The van der Waals surface area contributed by atoms with E-state index in [-0.39, 0.29) is 17.2 Å². The number of hydrogen-bond donors (Lipinski definition) is 0. The van der Waals surface area contributed by atoms with Crippen LogP contribution in [0.2, 0.25) is 0 Å². The molecule has 0 aromatic carbocycles. The van der Waals surface area contributed by atoms with E-state index in [4.69, 9.17) is 4.74 Å². The molecule has 3 nitrogen and oxygen atoms in total. The van der Waals surface area contributed by atoms with Gasteiger partial charge >= 0.3 is 5.97 Å². The lowest BCUT2D eigenvalue weighted by Crippen LogP contribution is -2.23. The fourth-order valence-electron chi connectivity index (χ4n) is 2.60. The topological polar surface area (TPSA) is 43.4 Å². The first kappa shape index (κ1) is 16.9. The third kappa shape index (κ3) is 6.88. The van der Waals surface area contributed by atoms with Gasteiger partial charge < -0.3 is 4.74 Å². The number of unbranched alkanes of at least 4 members (excludes halogenated alkanes) is 5. The second-order valence-electron chi connectivity index (χ2n) is 6.59. The van der Waals surface area contributed by atoms with E-state index >= 15 is 0 Å². The monoisotopic (exact) mass is 280 g/mol. The summed E-state index contributed by atoms with van der Waals surface area (Å²) in [5, 5.41) is 0. The Morgan fingerprint density at radius 3 is 2.45 bits per heavy atom. The predicted molar refractivity (Wildman–Crippen MR) is 80.2 cm³/mol. The van der Waals surface area contributed by atoms with E-state index in [1.54, 1.807) is 0 Å². The lowest BCUT2D eigenvalue weighted by atomic mass is 9.79. The average molecular weight is 280 g/mol. The molecule has 0 heterocycles. The largest absolute Gasteiger partial charge is 0.431 e. The first-order valence-electron chi connectivity index (χ1n) is 7.87. The molecule has 0 saturated heterocycles. The van der Waals surface area contributed by atoms with Gasteiger partial charge in [-0.2, -0.15) is 0 Å². The van der Waals surface area contributed by atoms with Crippen LogP contribution in [0, 0.1) is 5.41 Å². The number of ketones is 1. The Morgan fingerprint density at radius 1 is 1.15 bits per heavy atom. The van der Waals surface area contributed by atoms with Gasteiger partial charge in [-0.3, -0.25) is 9.59 Å². The maximum absolute atomic E-state index is 11.7. The van der Waals surface area contributed by atoms with Crippen LogP contribution in [-0.4, -0.2) is 11.8 Å². The molecule has 0 spiro atoms. The molecule has 0 amide bonds. The Kier molecular flexibility index (Phi) is 6.97. The molecule has 0 atom stereocenters. The Bertz CT molecular complexity index is 366. The van der Waals surface area contributed by atoms with E-state index in [0.29, 0.717) is 25.0 Å². The summed E-state index contributed by atoms with van der Waals surface area (Å²) in [5.74, 6) is 0.406. The molecule has 0 bridgehead atoms. The minimum Gasteiger partial charge on any atom is -0.431 e. The van der Waals surface area contributed by atoms with Crippen LogP contribution in [0.1, 0.15) is 78.6 Å². The Morgan fingerprint density at radius 2 is 1.80 bits per heavy atom. The molecule has 0 N–H and O–H groups in total. The van der Waals surface area contributed by atoms with Gasteiger partial charge in [-0.05, 0) is 11.8 Å². The van der Waals surface area contributed by atoms with Crippen molar-refractivity contribution >= 4 is 11.8 Å². The second-order valence-corrected chi connectivity index (χ2v) is 6.59. The zero-order chi connectivity index (χ0) is 15.0. The van der Waals surface area contributed by atoms with Crippen molar-refractivity contribution in [2.24, 2.45) is 5.41 Å². The van der Waals surface area contributed by atoms with Crippen LogP contribution in [0.25, 0.3) is 0 Å². The van der Waals surface area contributed by atoms with Crippen LogP contribution in [0.3, 0.4) is 0 Å². The van der Waals surface area contributed by atoms with Crippen molar-refractivity contribution < 1.29 is 14.3 Å². The van der Waals surface area contributed by atoms with Crippen LogP contribution < -0.4 is 0 Å². The van der Waals surface area contributed by atoms with Crippen molar-refractivity contribution in [3.8, 4) is 0 Å². The normalized spacial score (nSPS) is 17.8. The SMILES string of the molecule is CCCCCCCCC(=O)OC1=CC(=O)CC(C)(C)C1. The summed E-state index contributed by atoms with van der Waals surface area (Å²) >= 11 is 0. The van der Waals surface area contributed by atoms with Crippen molar-refractivity contribution in [2.45, 2.75) is 78.6 Å². The maximum Gasteiger partial charge on any atom is 0.310 e. The van der Waals surface area contributed by atoms with Crippen molar-refractivity contribution in [1.82, 2.24) is 0 Å². The molecule has 0 radical (unpaired) electrons. The molecule has 114 valence electrons. The summed E-state index contributed by atoms with van der Waals surface area (Å²) in [7, 11) is 0. The number of ether oxygens (including phenoxy) is 1. The molecule has 1 rings (SSSR count). The zero-order valence-electron chi connectivity index (χ0n) is 13.2. The minimum atomic E-state index is -0.197. The van der Waals surface area contributed by atoms with Gasteiger partial charge in [-0.1, -0.05) is 52.9 Å². The van der Waals surface area contributed by atoms with Gasteiger partial charge in [-0.15, -0.1) is 0 Å². The van der Waals surface area contributed by atoms with Gasteiger partial charge in [0.2, 0.25) is 0 Å². The molecular weight excluding hydrogens is 252 g/mol. The molecule has 3 heteroatoms. The molecule has 20 heavy (non-hydrogen) atoms. The number of rotatable bonds is 8. The van der Waals surface area contributed by atoms with Gasteiger partial charge in [0.1, 0.15) is 5.76 Å². The fourth-order valence-corrected chi connectivity index (χ4v) is 2.60. The van der Waals surface area contributed by atoms with Crippen LogP contribution in [0.4, 0.5) is 0 Å². The van der Waals surface area contributed by atoms with E-state index in [0.717, 1.165) is 12.8 Å². The van der Waals surface area contributed by atoms with Gasteiger partial charge in [-0.25, -0.2) is 0 Å². The average Bonchev–Trinajstić information content (AvgIpc) is 2.30. The fraction of sp³-hybridized carbons (Fsp3) is 0.765. The summed E-state index contributed by atoms with van der Waals surface area (Å²) in [4.78, 5) is 23.3. The summed E-state index contributed by atoms with van der Waals surface area (Å²) < 4.78 is 5.33. The Balaban J connectivity index is 2.23. The van der Waals surface area contributed by atoms with E-state index in [9.17, 15) is 9.59 Å². The quantitative estimate of drug-likeness (QED) is 0.484. The van der Waals surface area contributed by atoms with E-state index in [1.807, 2.05) is 13.8 Å². The molecule has 1 aliphatic carbocycles.